The first-order valence-corrected chi connectivity index (χ1v) is 5.77. The molecule has 0 spiro atoms. The minimum atomic E-state index is -0.282. The van der Waals surface area contributed by atoms with Crippen molar-refractivity contribution < 1.29 is 4.79 Å². The maximum Gasteiger partial charge on any atom is 0.256 e. The van der Waals surface area contributed by atoms with E-state index in [1.165, 1.54) is 12.4 Å². The number of halogens is 1. The van der Waals surface area contributed by atoms with E-state index in [4.69, 9.17) is 5.26 Å². The number of carbonyl (C=O) groups is 1. The van der Waals surface area contributed by atoms with Gasteiger partial charge >= 0.3 is 0 Å². The minimum absolute atomic E-state index is 0.282. The van der Waals surface area contributed by atoms with Crippen molar-refractivity contribution in [1.82, 2.24) is 9.97 Å². The molecule has 0 unspecified atom stereocenters. The number of pyridine rings is 2. The van der Waals surface area contributed by atoms with Crippen LogP contribution in [0.3, 0.4) is 0 Å². The van der Waals surface area contributed by atoms with Gasteiger partial charge in [-0.25, -0.2) is 9.97 Å². The standard InChI is InChI=1S/C12H7BrN4O/c13-10-5-9(3-4-15-10)12(18)17-11-2-1-8(6-14)7-16-11/h1-5,7H,(H,16,17,18). The average molecular weight is 303 g/mol. The predicted octanol–water partition coefficient (Wildman–Crippen LogP) is 2.36. The molecule has 88 valence electrons. The summed E-state index contributed by atoms with van der Waals surface area (Å²) in [7, 11) is 0. The first-order valence-electron chi connectivity index (χ1n) is 4.98. The molecule has 0 saturated heterocycles. The number of hydrogen-bond acceptors (Lipinski definition) is 4. The van der Waals surface area contributed by atoms with Crippen LogP contribution in [0.25, 0.3) is 0 Å². The zero-order valence-electron chi connectivity index (χ0n) is 9.09. The molecule has 0 aliphatic carbocycles. The molecule has 2 rings (SSSR count). The lowest BCUT2D eigenvalue weighted by Gasteiger charge is -2.04. The second kappa shape index (κ2) is 5.38. The number of hydrogen-bond donors (Lipinski definition) is 1. The molecule has 6 heteroatoms. The Balaban J connectivity index is 2.14. The highest BCUT2D eigenvalue weighted by atomic mass is 79.9. The molecule has 2 heterocycles. The Kier molecular flexibility index (Phi) is 3.65. The summed E-state index contributed by atoms with van der Waals surface area (Å²) in [6, 6.07) is 8.33. The number of aromatic nitrogens is 2. The molecule has 18 heavy (non-hydrogen) atoms. The van der Waals surface area contributed by atoms with Crippen molar-refractivity contribution >= 4 is 27.7 Å². The summed E-state index contributed by atoms with van der Waals surface area (Å²) in [5.74, 6) is 0.113. The van der Waals surface area contributed by atoms with Gasteiger partial charge in [-0.05, 0) is 40.2 Å². The molecule has 0 aromatic carbocycles. The van der Waals surface area contributed by atoms with Crippen molar-refractivity contribution in [2.24, 2.45) is 0 Å². The number of nitriles is 1. The summed E-state index contributed by atoms with van der Waals surface area (Å²) in [5.41, 5.74) is 0.919. The Labute approximate surface area is 112 Å². The fraction of sp³-hybridized carbons (Fsp3) is 0. The van der Waals surface area contributed by atoms with Gasteiger partial charge in [0.1, 0.15) is 16.5 Å². The lowest BCUT2D eigenvalue weighted by molar-refractivity contribution is 0.102. The van der Waals surface area contributed by atoms with Crippen LogP contribution >= 0.6 is 15.9 Å². The van der Waals surface area contributed by atoms with E-state index < -0.39 is 0 Å². The Bertz CT molecular complexity index is 619. The number of nitrogens with zero attached hydrogens (tertiary/aromatic N) is 3. The van der Waals surface area contributed by atoms with E-state index in [2.05, 4.69) is 31.2 Å². The first-order chi connectivity index (χ1) is 8.69. The van der Waals surface area contributed by atoms with Crippen LogP contribution in [0.5, 0.6) is 0 Å². The summed E-state index contributed by atoms with van der Waals surface area (Å²) >= 11 is 3.19. The Morgan fingerprint density at radius 1 is 1.33 bits per heavy atom. The van der Waals surface area contributed by atoms with Crippen molar-refractivity contribution in [3.63, 3.8) is 0 Å². The highest BCUT2D eigenvalue weighted by molar-refractivity contribution is 9.10. The molecule has 0 bridgehead atoms. The van der Waals surface area contributed by atoms with Crippen LogP contribution in [0.2, 0.25) is 0 Å². The normalized spacial score (nSPS) is 9.56. The van der Waals surface area contributed by atoms with Gasteiger partial charge in [-0.1, -0.05) is 0 Å². The van der Waals surface area contributed by atoms with Gasteiger partial charge in [0.15, 0.2) is 0 Å². The Hall–Kier alpha value is -2.26. The number of nitrogens with one attached hydrogen (secondary N) is 1. The smallest absolute Gasteiger partial charge is 0.256 e. The van der Waals surface area contributed by atoms with Crippen molar-refractivity contribution in [3.05, 3.63) is 52.4 Å². The maximum atomic E-state index is 11.9. The predicted molar refractivity (Wildman–Crippen MR) is 68.8 cm³/mol. The fourth-order valence-electron chi connectivity index (χ4n) is 1.27. The molecule has 0 atom stereocenters. The molecular weight excluding hydrogens is 296 g/mol. The molecule has 2 aromatic rings. The summed E-state index contributed by atoms with van der Waals surface area (Å²) in [5, 5.41) is 11.3. The average Bonchev–Trinajstić information content (AvgIpc) is 2.39. The molecule has 0 aliphatic rings. The molecule has 1 N–H and O–H groups in total. The van der Waals surface area contributed by atoms with Crippen LogP contribution < -0.4 is 5.32 Å². The van der Waals surface area contributed by atoms with Crippen molar-refractivity contribution in [1.29, 1.82) is 5.26 Å². The molecule has 0 aliphatic heterocycles. The summed E-state index contributed by atoms with van der Waals surface area (Å²) in [6.07, 6.45) is 2.93. The third-order valence-corrected chi connectivity index (χ3v) is 2.56. The quantitative estimate of drug-likeness (QED) is 0.864. The number of anilines is 1. The number of rotatable bonds is 2. The Morgan fingerprint density at radius 3 is 2.78 bits per heavy atom. The second-order valence-corrected chi connectivity index (χ2v) is 4.18. The lowest BCUT2D eigenvalue weighted by atomic mass is 10.2. The zero-order chi connectivity index (χ0) is 13.0. The van der Waals surface area contributed by atoms with Gasteiger partial charge in [0.2, 0.25) is 0 Å². The molecule has 0 fully saturated rings. The van der Waals surface area contributed by atoms with E-state index in [9.17, 15) is 4.79 Å². The van der Waals surface area contributed by atoms with Crippen LogP contribution in [-0.4, -0.2) is 15.9 Å². The van der Waals surface area contributed by atoms with E-state index in [1.807, 2.05) is 6.07 Å². The van der Waals surface area contributed by atoms with Gasteiger partial charge in [-0.2, -0.15) is 5.26 Å². The monoisotopic (exact) mass is 302 g/mol. The topological polar surface area (TPSA) is 78.7 Å². The van der Waals surface area contributed by atoms with Gasteiger partial charge in [0.25, 0.3) is 5.91 Å². The number of carbonyl (C=O) groups excluding carboxylic acids is 1. The summed E-state index contributed by atoms with van der Waals surface area (Å²) in [6.45, 7) is 0. The van der Waals surface area contributed by atoms with Gasteiger partial charge in [0.05, 0.1) is 5.56 Å². The van der Waals surface area contributed by atoms with Gasteiger partial charge in [-0.3, -0.25) is 4.79 Å². The first kappa shape index (κ1) is 12.2. The summed E-state index contributed by atoms with van der Waals surface area (Å²) < 4.78 is 0.586. The summed E-state index contributed by atoms with van der Waals surface area (Å²) in [4.78, 5) is 19.7. The highest BCUT2D eigenvalue weighted by Gasteiger charge is 2.07. The molecule has 5 nitrogen and oxygen atoms in total. The van der Waals surface area contributed by atoms with Gasteiger partial charge in [-0.15, -0.1) is 0 Å². The molecular formula is C12H7BrN4O. The van der Waals surface area contributed by atoms with E-state index >= 15 is 0 Å². The van der Waals surface area contributed by atoms with E-state index in [0.29, 0.717) is 21.5 Å². The highest BCUT2D eigenvalue weighted by Crippen LogP contribution is 2.10. The molecule has 2 aromatic heterocycles. The lowest BCUT2D eigenvalue weighted by Crippen LogP contribution is -2.13. The van der Waals surface area contributed by atoms with E-state index in [-0.39, 0.29) is 5.91 Å². The van der Waals surface area contributed by atoms with Gasteiger partial charge < -0.3 is 5.32 Å². The van der Waals surface area contributed by atoms with Crippen LogP contribution in [0, 0.1) is 11.3 Å². The van der Waals surface area contributed by atoms with E-state index in [0.717, 1.165) is 0 Å². The van der Waals surface area contributed by atoms with Crippen LogP contribution in [-0.2, 0) is 0 Å². The molecule has 0 radical (unpaired) electrons. The van der Waals surface area contributed by atoms with Crippen LogP contribution in [0.4, 0.5) is 5.82 Å². The van der Waals surface area contributed by atoms with Crippen molar-refractivity contribution in [2.45, 2.75) is 0 Å². The van der Waals surface area contributed by atoms with E-state index in [1.54, 1.807) is 24.3 Å². The number of amides is 1. The second-order valence-electron chi connectivity index (χ2n) is 3.37. The van der Waals surface area contributed by atoms with Crippen LogP contribution in [0.1, 0.15) is 15.9 Å². The fourth-order valence-corrected chi connectivity index (χ4v) is 1.63. The Morgan fingerprint density at radius 2 is 2.17 bits per heavy atom. The third-order valence-electron chi connectivity index (χ3n) is 2.12. The minimum Gasteiger partial charge on any atom is -0.307 e. The SMILES string of the molecule is N#Cc1ccc(NC(=O)c2ccnc(Br)c2)nc1. The third kappa shape index (κ3) is 2.90. The van der Waals surface area contributed by atoms with Crippen molar-refractivity contribution in [3.8, 4) is 6.07 Å². The zero-order valence-corrected chi connectivity index (χ0v) is 10.7. The maximum absolute atomic E-state index is 11.9. The van der Waals surface area contributed by atoms with Gasteiger partial charge in [0, 0.05) is 18.0 Å². The largest absolute Gasteiger partial charge is 0.307 e. The van der Waals surface area contributed by atoms with Crippen molar-refractivity contribution in [2.75, 3.05) is 5.32 Å². The molecule has 1 amide bonds. The van der Waals surface area contributed by atoms with Crippen LogP contribution in [0.15, 0.2) is 41.3 Å². The molecule has 0 saturated carbocycles.